The van der Waals surface area contributed by atoms with E-state index in [0.717, 1.165) is 6.07 Å². The monoisotopic (exact) mass is 321 g/mol. The minimum atomic E-state index is -0.589. The van der Waals surface area contributed by atoms with Crippen molar-refractivity contribution in [3.8, 4) is 5.75 Å². The predicted molar refractivity (Wildman–Crippen MR) is 75.9 cm³/mol. The van der Waals surface area contributed by atoms with Crippen LogP contribution >= 0.6 is 23.2 Å². The molecule has 0 heterocycles. The number of hydrogen-bond acceptors (Lipinski definition) is 5. The highest BCUT2D eigenvalue weighted by Crippen LogP contribution is 2.35. The molecule has 0 atom stereocenters. The van der Waals surface area contributed by atoms with Gasteiger partial charge in [0.1, 0.15) is 5.84 Å². The van der Waals surface area contributed by atoms with Crippen molar-refractivity contribution < 1.29 is 14.9 Å². The van der Waals surface area contributed by atoms with Gasteiger partial charge in [-0.1, -0.05) is 28.4 Å². The van der Waals surface area contributed by atoms with Gasteiger partial charge in [0.15, 0.2) is 5.75 Å². The summed E-state index contributed by atoms with van der Waals surface area (Å²) in [6.07, 6.45) is 1.64. The highest BCUT2D eigenvalue weighted by atomic mass is 35.5. The Hall–Kier alpha value is -1.73. The molecule has 0 unspecified atom stereocenters. The van der Waals surface area contributed by atoms with Crippen LogP contribution in [-0.4, -0.2) is 22.6 Å². The first-order valence-corrected chi connectivity index (χ1v) is 6.44. The van der Waals surface area contributed by atoms with Gasteiger partial charge in [-0.25, -0.2) is 0 Å². The number of unbranched alkanes of at least 4 members (excludes halogenated alkanes) is 1. The van der Waals surface area contributed by atoms with Crippen molar-refractivity contribution in [3.63, 3.8) is 0 Å². The number of halogens is 2. The van der Waals surface area contributed by atoms with Crippen molar-refractivity contribution in [1.29, 1.82) is 0 Å². The number of amidine groups is 1. The number of oxime groups is 1. The standard InChI is InChI=1S/C11H13Cl2N3O4/c12-7-5-9(16(18)19)10(6-8(7)13)20-4-2-1-3-11(14)15-17/h5-6,17H,1-4H2,(H2,14,15). The van der Waals surface area contributed by atoms with Gasteiger partial charge < -0.3 is 15.7 Å². The van der Waals surface area contributed by atoms with Crippen LogP contribution in [0, 0.1) is 10.1 Å². The Balaban J connectivity index is 2.59. The molecule has 1 aromatic rings. The number of nitrogens with zero attached hydrogens (tertiary/aromatic N) is 2. The second-order valence-electron chi connectivity index (χ2n) is 3.89. The maximum absolute atomic E-state index is 10.9. The molecule has 0 saturated heterocycles. The van der Waals surface area contributed by atoms with E-state index in [1.54, 1.807) is 0 Å². The van der Waals surface area contributed by atoms with Gasteiger partial charge in [-0.2, -0.15) is 0 Å². The van der Waals surface area contributed by atoms with Gasteiger partial charge in [0.25, 0.3) is 0 Å². The first-order valence-electron chi connectivity index (χ1n) is 5.68. The van der Waals surface area contributed by atoms with Crippen molar-refractivity contribution in [3.05, 3.63) is 32.3 Å². The molecule has 9 heteroatoms. The number of hydrogen-bond donors (Lipinski definition) is 2. The Labute approximate surface area is 125 Å². The van der Waals surface area contributed by atoms with Crippen LogP contribution in [0.4, 0.5) is 5.69 Å². The van der Waals surface area contributed by atoms with E-state index in [1.165, 1.54) is 6.07 Å². The molecular weight excluding hydrogens is 309 g/mol. The van der Waals surface area contributed by atoms with Crippen molar-refractivity contribution in [1.82, 2.24) is 0 Å². The lowest BCUT2D eigenvalue weighted by Crippen LogP contribution is -2.11. The quantitative estimate of drug-likeness (QED) is 0.200. The molecule has 0 aromatic heterocycles. The molecule has 0 bridgehead atoms. The third-order valence-corrected chi connectivity index (χ3v) is 3.13. The normalized spacial score (nSPS) is 11.4. The highest BCUT2D eigenvalue weighted by molar-refractivity contribution is 6.42. The van der Waals surface area contributed by atoms with Gasteiger partial charge in [0.05, 0.1) is 21.6 Å². The van der Waals surface area contributed by atoms with E-state index in [2.05, 4.69) is 5.16 Å². The molecule has 20 heavy (non-hydrogen) atoms. The van der Waals surface area contributed by atoms with E-state index >= 15 is 0 Å². The van der Waals surface area contributed by atoms with Gasteiger partial charge in [0.2, 0.25) is 0 Å². The van der Waals surface area contributed by atoms with Crippen LogP contribution in [0.3, 0.4) is 0 Å². The number of nitro benzene ring substituents is 1. The first kappa shape index (κ1) is 16.3. The van der Waals surface area contributed by atoms with E-state index in [4.69, 9.17) is 38.9 Å². The molecule has 1 aromatic carbocycles. The third-order valence-electron chi connectivity index (χ3n) is 2.41. The molecule has 3 N–H and O–H groups in total. The van der Waals surface area contributed by atoms with E-state index in [1.807, 2.05) is 0 Å². The lowest BCUT2D eigenvalue weighted by atomic mass is 10.2. The smallest absolute Gasteiger partial charge is 0.312 e. The SMILES string of the molecule is N/C(CCCCOc1cc(Cl)c(Cl)cc1[N+](=O)[O-])=N/O. The van der Waals surface area contributed by atoms with Crippen molar-refractivity contribution >= 4 is 34.7 Å². The van der Waals surface area contributed by atoms with Crippen LogP contribution in [0.15, 0.2) is 17.3 Å². The summed E-state index contributed by atoms with van der Waals surface area (Å²) in [7, 11) is 0. The lowest BCUT2D eigenvalue weighted by molar-refractivity contribution is -0.385. The fourth-order valence-electron chi connectivity index (χ4n) is 1.42. The summed E-state index contributed by atoms with van der Waals surface area (Å²) in [6, 6.07) is 2.46. The summed E-state index contributed by atoms with van der Waals surface area (Å²) in [6.45, 7) is 0.248. The van der Waals surface area contributed by atoms with E-state index in [9.17, 15) is 10.1 Å². The Morgan fingerprint density at radius 1 is 1.40 bits per heavy atom. The molecule has 0 aliphatic rings. The zero-order valence-corrected chi connectivity index (χ0v) is 11.9. The van der Waals surface area contributed by atoms with Crippen molar-refractivity contribution in [2.45, 2.75) is 19.3 Å². The Morgan fingerprint density at radius 2 is 2.05 bits per heavy atom. The molecule has 0 aliphatic heterocycles. The number of benzene rings is 1. The molecule has 1 rings (SSSR count). The molecule has 0 fully saturated rings. The van der Waals surface area contributed by atoms with Crippen molar-refractivity contribution in [2.75, 3.05) is 6.61 Å². The summed E-state index contributed by atoms with van der Waals surface area (Å²) >= 11 is 11.5. The third kappa shape index (κ3) is 4.75. The van der Waals surface area contributed by atoms with Crippen molar-refractivity contribution in [2.24, 2.45) is 10.9 Å². The Morgan fingerprint density at radius 3 is 2.65 bits per heavy atom. The van der Waals surface area contributed by atoms with Gasteiger partial charge in [0, 0.05) is 18.6 Å². The number of nitro groups is 1. The molecule has 0 radical (unpaired) electrons. The maximum atomic E-state index is 10.9. The van der Waals surface area contributed by atoms with Crippen LogP contribution in [0.1, 0.15) is 19.3 Å². The zero-order valence-electron chi connectivity index (χ0n) is 10.4. The maximum Gasteiger partial charge on any atom is 0.312 e. The topological polar surface area (TPSA) is 111 Å². The molecule has 0 aliphatic carbocycles. The largest absolute Gasteiger partial charge is 0.487 e. The minimum absolute atomic E-state index is 0.0631. The number of rotatable bonds is 7. The van der Waals surface area contributed by atoms with Crippen LogP contribution in [0.25, 0.3) is 0 Å². The average molecular weight is 322 g/mol. The zero-order chi connectivity index (χ0) is 15.1. The second-order valence-corrected chi connectivity index (χ2v) is 4.70. The Bertz CT molecular complexity index is 523. The van der Waals surface area contributed by atoms with Crippen LogP contribution in [0.2, 0.25) is 10.0 Å². The fourth-order valence-corrected chi connectivity index (χ4v) is 1.73. The number of ether oxygens (including phenoxy) is 1. The minimum Gasteiger partial charge on any atom is -0.487 e. The molecule has 0 spiro atoms. The van der Waals surface area contributed by atoms with Gasteiger partial charge in [-0.3, -0.25) is 10.1 Å². The van der Waals surface area contributed by atoms with Gasteiger partial charge in [-0.05, 0) is 12.8 Å². The molecule has 110 valence electrons. The average Bonchev–Trinajstić information content (AvgIpc) is 2.41. The number of nitrogens with two attached hydrogens (primary N) is 1. The van der Waals surface area contributed by atoms with E-state index in [-0.39, 0.29) is 33.9 Å². The summed E-state index contributed by atoms with van der Waals surface area (Å²) < 4.78 is 5.32. The lowest BCUT2D eigenvalue weighted by Gasteiger charge is -2.07. The predicted octanol–water partition coefficient (Wildman–Crippen LogP) is 3.20. The van der Waals surface area contributed by atoms with Crippen LogP contribution in [-0.2, 0) is 0 Å². The summed E-state index contributed by atoms with van der Waals surface area (Å²) in [4.78, 5) is 10.3. The van der Waals surface area contributed by atoms with Crippen LogP contribution in [0.5, 0.6) is 5.75 Å². The van der Waals surface area contributed by atoms with Gasteiger partial charge in [-0.15, -0.1) is 0 Å². The first-order chi connectivity index (χ1) is 9.45. The molecule has 7 nitrogen and oxygen atoms in total. The summed E-state index contributed by atoms with van der Waals surface area (Å²) in [5, 5.41) is 22.3. The van der Waals surface area contributed by atoms with E-state index in [0.29, 0.717) is 19.3 Å². The van der Waals surface area contributed by atoms with E-state index < -0.39 is 4.92 Å². The van der Waals surface area contributed by atoms with Gasteiger partial charge >= 0.3 is 5.69 Å². The summed E-state index contributed by atoms with van der Waals surface area (Å²) in [5.41, 5.74) is 5.06. The highest BCUT2D eigenvalue weighted by Gasteiger charge is 2.18. The molecular formula is C11H13Cl2N3O4. The molecule has 0 saturated carbocycles. The fraction of sp³-hybridized carbons (Fsp3) is 0.364. The molecule has 0 amide bonds. The summed E-state index contributed by atoms with van der Waals surface area (Å²) in [5.74, 6) is 0.193. The second kappa shape index (κ2) is 7.76. The van der Waals surface area contributed by atoms with Crippen LogP contribution < -0.4 is 10.5 Å². The Kier molecular flexibility index (Phi) is 6.33.